The number of aromatic nitrogens is 2. The van der Waals surface area contributed by atoms with Crippen LogP contribution in [0.3, 0.4) is 0 Å². The lowest BCUT2D eigenvalue weighted by Crippen LogP contribution is -2.38. The number of hydrogen-bond acceptors (Lipinski definition) is 5. The molecular weight excluding hydrogens is 301 g/mol. The van der Waals surface area contributed by atoms with Crippen LogP contribution in [0.1, 0.15) is 31.9 Å². The van der Waals surface area contributed by atoms with Gasteiger partial charge in [0.1, 0.15) is 12.4 Å². The van der Waals surface area contributed by atoms with E-state index in [9.17, 15) is 9.18 Å². The Morgan fingerprint density at radius 2 is 2.17 bits per heavy atom. The van der Waals surface area contributed by atoms with E-state index in [0.29, 0.717) is 44.8 Å². The van der Waals surface area contributed by atoms with Gasteiger partial charge in [-0.2, -0.15) is 9.37 Å². The molecule has 0 saturated carbocycles. The van der Waals surface area contributed by atoms with Crippen LogP contribution in [0.2, 0.25) is 0 Å². The highest BCUT2D eigenvalue weighted by atomic mass is 19.1. The Morgan fingerprint density at radius 1 is 1.39 bits per heavy atom. The summed E-state index contributed by atoms with van der Waals surface area (Å²) in [5, 5.41) is 0. The van der Waals surface area contributed by atoms with Gasteiger partial charge in [-0.3, -0.25) is 4.79 Å². The number of aryl methyl sites for hydroxylation is 1. The van der Waals surface area contributed by atoms with Crippen molar-refractivity contribution in [3.8, 4) is 5.88 Å². The monoisotopic (exact) mass is 323 g/mol. The molecule has 1 aromatic heterocycles. The molecule has 2 aliphatic heterocycles. The van der Waals surface area contributed by atoms with E-state index in [1.165, 1.54) is 6.33 Å². The van der Waals surface area contributed by atoms with E-state index in [4.69, 9.17) is 9.47 Å². The smallest absolute Gasteiger partial charge is 0.254 e. The minimum atomic E-state index is -0.496. The zero-order chi connectivity index (χ0) is 16.2. The standard InChI is InChI=1S/C16H22FN3O3/c1-2-13-14(17)15(19-10-18-13)23-12-3-6-20(9-12)16(21)11-4-7-22-8-5-11/h10-12H,2-9H2,1H3/t12-/m0/s1. The van der Waals surface area contributed by atoms with Gasteiger partial charge < -0.3 is 14.4 Å². The van der Waals surface area contributed by atoms with Gasteiger partial charge in [0.15, 0.2) is 0 Å². The normalized spacial score (nSPS) is 22.3. The molecule has 7 heteroatoms. The lowest BCUT2D eigenvalue weighted by molar-refractivity contribution is -0.137. The van der Waals surface area contributed by atoms with Crippen molar-refractivity contribution in [3.63, 3.8) is 0 Å². The second-order valence-corrected chi connectivity index (χ2v) is 5.99. The highest BCUT2D eigenvalue weighted by molar-refractivity contribution is 5.79. The number of amides is 1. The maximum atomic E-state index is 14.1. The second kappa shape index (κ2) is 7.21. The van der Waals surface area contributed by atoms with E-state index >= 15 is 0 Å². The number of carbonyl (C=O) groups is 1. The molecule has 3 heterocycles. The SMILES string of the molecule is CCc1ncnc(O[C@H]2CCN(C(=O)C3CCOCC3)C2)c1F. The summed E-state index contributed by atoms with van der Waals surface area (Å²) in [7, 11) is 0. The van der Waals surface area contributed by atoms with Crippen LogP contribution < -0.4 is 4.74 Å². The Balaban J connectivity index is 1.58. The van der Waals surface area contributed by atoms with Gasteiger partial charge >= 0.3 is 0 Å². The predicted molar refractivity (Wildman–Crippen MR) is 80.5 cm³/mol. The molecule has 1 aromatic rings. The molecule has 0 bridgehead atoms. The molecule has 0 radical (unpaired) electrons. The van der Waals surface area contributed by atoms with Gasteiger partial charge in [-0.1, -0.05) is 6.92 Å². The van der Waals surface area contributed by atoms with Crippen LogP contribution in [-0.2, 0) is 16.0 Å². The third-order valence-corrected chi connectivity index (χ3v) is 4.47. The van der Waals surface area contributed by atoms with E-state index in [1.807, 2.05) is 11.8 Å². The third-order valence-electron chi connectivity index (χ3n) is 4.47. The van der Waals surface area contributed by atoms with Gasteiger partial charge in [0.05, 0.1) is 12.2 Å². The van der Waals surface area contributed by atoms with Crippen molar-refractivity contribution in [2.24, 2.45) is 5.92 Å². The summed E-state index contributed by atoms with van der Waals surface area (Å²) >= 11 is 0. The summed E-state index contributed by atoms with van der Waals surface area (Å²) < 4.78 is 25.1. The van der Waals surface area contributed by atoms with Crippen molar-refractivity contribution in [3.05, 3.63) is 17.8 Å². The predicted octanol–water partition coefficient (Wildman–Crippen LogP) is 1.58. The molecule has 0 N–H and O–H groups in total. The van der Waals surface area contributed by atoms with E-state index in [-0.39, 0.29) is 23.8 Å². The lowest BCUT2D eigenvalue weighted by Gasteiger charge is -2.26. The maximum Gasteiger partial charge on any atom is 0.254 e. The minimum Gasteiger partial charge on any atom is -0.470 e. The first kappa shape index (κ1) is 16.1. The molecule has 23 heavy (non-hydrogen) atoms. The van der Waals surface area contributed by atoms with Crippen LogP contribution in [0, 0.1) is 11.7 Å². The molecule has 3 rings (SSSR count). The van der Waals surface area contributed by atoms with Crippen molar-refractivity contribution in [1.82, 2.24) is 14.9 Å². The van der Waals surface area contributed by atoms with E-state index in [0.717, 1.165) is 12.8 Å². The molecule has 0 unspecified atom stereocenters. The number of nitrogens with zero attached hydrogens (tertiary/aromatic N) is 3. The van der Waals surface area contributed by atoms with Gasteiger partial charge in [-0.25, -0.2) is 4.98 Å². The highest BCUT2D eigenvalue weighted by Crippen LogP contribution is 2.24. The van der Waals surface area contributed by atoms with Crippen LogP contribution in [0.4, 0.5) is 4.39 Å². The third kappa shape index (κ3) is 3.60. The Hall–Kier alpha value is -1.76. The average Bonchev–Trinajstić information content (AvgIpc) is 3.05. The highest BCUT2D eigenvalue weighted by Gasteiger charge is 2.33. The summed E-state index contributed by atoms with van der Waals surface area (Å²) in [4.78, 5) is 22.1. The fourth-order valence-corrected chi connectivity index (χ4v) is 3.10. The van der Waals surface area contributed by atoms with Crippen molar-refractivity contribution in [1.29, 1.82) is 0 Å². The van der Waals surface area contributed by atoms with Crippen LogP contribution in [-0.4, -0.2) is 53.2 Å². The maximum absolute atomic E-state index is 14.1. The van der Waals surface area contributed by atoms with Crippen LogP contribution in [0.15, 0.2) is 6.33 Å². The van der Waals surface area contributed by atoms with Crippen LogP contribution in [0.25, 0.3) is 0 Å². The number of ether oxygens (including phenoxy) is 2. The summed E-state index contributed by atoms with van der Waals surface area (Å²) in [5.41, 5.74) is 0.350. The summed E-state index contributed by atoms with van der Waals surface area (Å²) in [6.45, 7) is 4.26. The average molecular weight is 323 g/mol. The van der Waals surface area contributed by atoms with Gasteiger partial charge in [0.2, 0.25) is 11.7 Å². The number of halogens is 1. The Labute approximate surface area is 135 Å². The fourth-order valence-electron chi connectivity index (χ4n) is 3.10. The number of likely N-dealkylation sites (tertiary alicyclic amines) is 1. The fraction of sp³-hybridized carbons (Fsp3) is 0.688. The van der Waals surface area contributed by atoms with Crippen molar-refractivity contribution < 1.29 is 18.7 Å². The van der Waals surface area contributed by atoms with Gasteiger partial charge in [-0.05, 0) is 19.3 Å². The topological polar surface area (TPSA) is 64.6 Å². The number of hydrogen-bond donors (Lipinski definition) is 0. The first-order valence-corrected chi connectivity index (χ1v) is 8.21. The molecule has 2 fully saturated rings. The molecular formula is C16H22FN3O3. The number of carbonyl (C=O) groups excluding carboxylic acids is 1. The quantitative estimate of drug-likeness (QED) is 0.842. The van der Waals surface area contributed by atoms with Crippen LogP contribution >= 0.6 is 0 Å². The molecule has 0 spiro atoms. The van der Waals surface area contributed by atoms with Gasteiger partial charge in [0, 0.05) is 32.1 Å². The first-order valence-electron chi connectivity index (χ1n) is 8.21. The second-order valence-electron chi connectivity index (χ2n) is 5.99. The summed E-state index contributed by atoms with van der Waals surface area (Å²) in [6.07, 6.45) is 3.84. The van der Waals surface area contributed by atoms with E-state index in [2.05, 4.69) is 9.97 Å². The molecule has 2 aliphatic rings. The van der Waals surface area contributed by atoms with Gasteiger partial charge in [-0.15, -0.1) is 0 Å². The zero-order valence-corrected chi connectivity index (χ0v) is 13.3. The van der Waals surface area contributed by atoms with Crippen LogP contribution in [0.5, 0.6) is 5.88 Å². The van der Waals surface area contributed by atoms with Crippen molar-refractivity contribution in [2.75, 3.05) is 26.3 Å². The molecule has 126 valence electrons. The van der Waals surface area contributed by atoms with Crippen molar-refractivity contribution >= 4 is 5.91 Å². The van der Waals surface area contributed by atoms with E-state index in [1.54, 1.807) is 0 Å². The zero-order valence-electron chi connectivity index (χ0n) is 13.3. The first-order chi connectivity index (χ1) is 11.2. The molecule has 1 amide bonds. The Bertz CT molecular complexity index is 564. The molecule has 0 aliphatic carbocycles. The van der Waals surface area contributed by atoms with E-state index < -0.39 is 5.82 Å². The molecule has 6 nitrogen and oxygen atoms in total. The molecule has 1 atom stereocenters. The Kier molecular flexibility index (Phi) is 5.05. The molecule has 0 aromatic carbocycles. The minimum absolute atomic E-state index is 0.0118. The van der Waals surface area contributed by atoms with Crippen molar-refractivity contribution in [2.45, 2.75) is 38.7 Å². The Morgan fingerprint density at radius 3 is 2.91 bits per heavy atom. The summed E-state index contributed by atoms with van der Waals surface area (Å²) in [5.74, 6) is -0.298. The molecule has 2 saturated heterocycles. The largest absolute Gasteiger partial charge is 0.470 e. The summed E-state index contributed by atoms with van der Waals surface area (Å²) in [6, 6.07) is 0. The van der Waals surface area contributed by atoms with Gasteiger partial charge in [0.25, 0.3) is 5.88 Å². The lowest BCUT2D eigenvalue weighted by atomic mass is 9.99. The number of rotatable bonds is 4.